The van der Waals surface area contributed by atoms with Crippen LogP contribution in [-0.4, -0.2) is 5.78 Å². The molecule has 0 N–H and O–H groups in total. The first-order valence-corrected chi connectivity index (χ1v) is 8.25. The van der Waals surface area contributed by atoms with Crippen molar-refractivity contribution in [3.63, 3.8) is 0 Å². The first kappa shape index (κ1) is 16.2. The van der Waals surface area contributed by atoms with Gasteiger partial charge in [0.05, 0.1) is 0 Å². The van der Waals surface area contributed by atoms with E-state index < -0.39 is 0 Å². The summed E-state index contributed by atoms with van der Waals surface area (Å²) in [5, 5.41) is 0. The Labute approximate surface area is 144 Å². The standard InChI is InChI=1S/C23H22O/c1-15-5-9-19(10-6-15)22(20-11-7-16(2)8-12-20)21-13-17(3)23(24)18(4)14-21/h5-14H,1-4H3. The SMILES string of the molecule is CC1=CC(=C(c2ccc(C)cc2)c2ccc(C)cc2)C=C(C)C1=O. The normalized spacial score (nSPS) is 14.3. The number of benzene rings is 2. The topological polar surface area (TPSA) is 17.1 Å². The molecule has 0 spiro atoms. The maximum atomic E-state index is 12.1. The van der Waals surface area contributed by atoms with E-state index in [0.717, 1.165) is 16.7 Å². The second-order valence-electron chi connectivity index (χ2n) is 6.55. The van der Waals surface area contributed by atoms with Gasteiger partial charge in [0.25, 0.3) is 0 Å². The van der Waals surface area contributed by atoms with Gasteiger partial charge in [-0.1, -0.05) is 59.7 Å². The lowest BCUT2D eigenvalue weighted by molar-refractivity contribution is -0.112. The number of rotatable bonds is 2. The zero-order valence-corrected chi connectivity index (χ0v) is 14.7. The number of Topliss-reactive ketones (excluding diaryl/α,β-unsaturated/α-hetero) is 1. The van der Waals surface area contributed by atoms with Gasteiger partial charge in [0, 0.05) is 0 Å². The van der Waals surface area contributed by atoms with E-state index in [9.17, 15) is 4.79 Å². The van der Waals surface area contributed by atoms with Gasteiger partial charge in [-0.05, 0) is 73.3 Å². The van der Waals surface area contributed by atoms with Gasteiger partial charge in [0.2, 0.25) is 0 Å². The zero-order chi connectivity index (χ0) is 17.3. The molecular formula is C23H22O. The Balaban J connectivity index is 2.26. The number of hydrogen-bond donors (Lipinski definition) is 0. The number of hydrogen-bond acceptors (Lipinski definition) is 1. The van der Waals surface area contributed by atoms with Crippen LogP contribution in [0.15, 0.2) is 77.4 Å². The van der Waals surface area contributed by atoms with Crippen LogP contribution in [0.2, 0.25) is 0 Å². The predicted octanol–water partition coefficient (Wildman–Crippen LogP) is 5.58. The van der Waals surface area contributed by atoms with Crippen LogP contribution in [-0.2, 0) is 4.79 Å². The van der Waals surface area contributed by atoms with E-state index in [1.165, 1.54) is 27.8 Å². The van der Waals surface area contributed by atoms with Crippen LogP contribution < -0.4 is 0 Å². The Hall–Kier alpha value is -2.67. The van der Waals surface area contributed by atoms with Gasteiger partial charge in [-0.15, -0.1) is 0 Å². The minimum Gasteiger partial charge on any atom is -0.289 e. The molecule has 0 fully saturated rings. The van der Waals surface area contributed by atoms with E-state index in [1.807, 2.05) is 26.0 Å². The number of allylic oxidation sites excluding steroid dienone is 5. The molecular weight excluding hydrogens is 292 g/mol. The molecule has 3 rings (SSSR count). The van der Waals surface area contributed by atoms with Crippen molar-refractivity contribution < 1.29 is 4.79 Å². The fourth-order valence-electron chi connectivity index (χ4n) is 3.04. The highest BCUT2D eigenvalue weighted by atomic mass is 16.1. The summed E-state index contributed by atoms with van der Waals surface area (Å²) in [4.78, 5) is 12.1. The van der Waals surface area contributed by atoms with Crippen LogP contribution in [0.3, 0.4) is 0 Å². The molecule has 0 unspecified atom stereocenters. The van der Waals surface area contributed by atoms with Crippen molar-refractivity contribution in [2.24, 2.45) is 0 Å². The number of aryl methyl sites for hydroxylation is 2. The van der Waals surface area contributed by atoms with Gasteiger partial charge >= 0.3 is 0 Å². The van der Waals surface area contributed by atoms with Gasteiger partial charge in [0.15, 0.2) is 5.78 Å². The molecule has 0 saturated carbocycles. The van der Waals surface area contributed by atoms with Crippen LogP contribution >= 0.6 is 0 Å². The molecule has 0 bridgehead atoms. The van der Waals surface area contributed by atoms with Crippen molar-refractivity contribution in [2.75, 3.05) is 0 Å². The molecule has 0 aliphatic heterocycles. The van der Waals surface area contributed by atoms with E-state index in [4.69, 9.17) is 0 Å². The van der Waals surface area contributed by atoms with Crippen LogP contribution in [0, 0.1) is 13.8 Å². The van der Waals surface area contributed by atoms with Crippen molar-refractivity contribution in [1.82, 2.24) is 0 Å². The second-order valence-corrected chi connectivity index (χ2v) is 6.55. The first-order chi connectivity index (χ1) is 11.5. The summed E-state index contributed by atoms with van der Waals surface area (Å²) in [5.74, 6) is 0.130. The van der Waals surface area contributed by atoms with Crippen molar-refractivity contribution in [3.05, 3.63) is 99.7 Å². The average molecular weight is 314 g/mol. The monoisotopic (exact) mass is 314 g/mol. The quantitative estimate of drug-likeness (QED) is 0.707. The highest BCUT2D eigenvalue weighted by molar-refractivity contribution is 6.10. The molecule has 1 heteroatoms. The van der Waals surface area contributed by atoms with Crippen LogP contribution in [0.5, 0.6) is 0 Å². The van der Waals surface area contributed by atoms with Crippen molar-refractivity contribution in [2.45, 2.75) is 27.7 Å². The van der Waals surface area contributed by atoms with Gasteiger partial charge in [-0.25, -0.2) is 0 Å². The summed E-state index contributed by atoms with van der Waals surface area (Å²) in [5.41, 5.74) is 8.67. The first-order valence-electron chi connectivity index (χ1n) is 8.25. The van der Waals surface area contributed by atoms with E-state index in [0.29, 0.717) is 0 Å². The predicted molar refractivity (Wildman–Crippen MR) is 101 cm³/mol. The lowest BCUT2D eigenvalue weighted by atomic mass is 9.87. The molecule has 0 amide bonds. The summed E-state index contributed by atoms with van der Waals surface area (Å²) in [6, 6.07) is 17.1. The molecule has 2 aromatic rings. The summed E-state index contributed by atoms with van der Waals surface area (Å²) in [6.45, 7) is 7.97. The Kier molecular flexibility index (Phi) is 4.35. The third-order valence-corrected chi connectivity index (χ3v) is 4.43. The van der Waals surface area contributed by atoms with Gasteiger partial charge < -0.3 is 0 Å². The summed E-state index contributed by atoms with van der Waals surface area (Å²) in [6.07, 6.45) is 4.01. The van der Waals surface area contributed by atoms with Crippen LogP contribution in [0.25, 0.3) is 5.57 Å². The average Bonchev–Trinajstić information content (AvgIpc) is 2.56. The Morgan fingerprint density at radius 1 is 0.625 bits per heavy atom. The molecule has 0 heterocycles. The Morgan fingerprint density at radius 3 is 1.38 bits per heavy atom. The minimum absolute atomic E-state index is 0.130. The third-order valence-electron chi connectivity index (χ3n) is 4.43. The molecule has 24 heavy (non-hydrogen) atoms. The number of carbonyl (C=O) groups is 1. The molecule has 1 aliphatic rings. The van der Waals surface area contributed by atoms with Crippen molar-refractivity contribution >= 4 is 11.4 Å². The van der Waals surface area contributed by atoms with E-state index in [2.05, 4.69) is 62.4 Å². The second kappa shape index (κ2) is 6.45. The Bertz CT molecular complexity index is 801. The van der Waals surface area contributed by atoms with Gasteiger partial charge in [-0.2, -0.15) is 0 Å². The lowest BCUT2D eigenvalue weighted by Gasteiger charge is -2.17. The number of ketones is 1. The van der Waals surface area contributed by atoms with E-state index in [1.54, 1.807) is 0 Å². The van der Waals surface area contributed by atoms with Crippen LogP contribution in [0.4, 0.5) is 0 Å². The summed E-state index contributed by atoms with van der Waals surface area (Å²) < 4.78 is 0. The molecule has 120 valence electrons. The Morgan fingerprint density at radius 2 is 1.00 bits per heavy atom. The molecule has 1 aliphatic carbocycles. The highest BCUT2D eigenvalue weighted by Gasteiger charge is 2.17. The van der Waals surface area contributed by atoms with Gasteiger partial charge in [0.1, 0.15) is 0 Å². The molecule has 1 nitrogen and oxygen atoms in total. The molecule has 0 radical (unpaired) electrons. The van der Waals surface area contributed by atoms with E-state index >= 15 is 0 Å². The highest BCUT2D eigenvalue weighted by Crippen LogP contribution is 2.32. The maximum Gasteiger partial charge on any atom is 0.184 e. The maximum absolute atomic E-state index is 12.1. The fourth-order valence-corrected chi connectivity index (χ4v) is 3.04. The molecule has 2 aromatic carbocycles. The largest absolute Gasteiger partial charge is 0.289 e. The molecule has 0 aromatic heterocycles. The fraction of sp³-hybridized carbons (Fsp3) is 0.174. The van der Waals surface area contributed by atoms with Crippen LogP contribution in [0.1, 0.15) is 36.1 Å². The summed E-state index contributed by atoms with van der Waals surface area (Å²) >= 11 is 0. The van der Waals surface area contributed by atoms with Crippen molar-refractivity contribution in [3.8, 4) is 0 Å². The van der Waals surface area contributed by atoms with Gasteiger partial charge in [-0.3, -0.25) is 4.79 Å². The lowest BCUT2D eigenvalue weighted by Crippen LogP contribution is -2.07. The van der Waals surface area contributed by atoms with E-state index in [-0.39, 0.29) is 5.78 Å². The third kappa shape index (κ3) is 3.16. The smallest absolute Gasteiger partial charge is 0.184 e. The summed E-state index contributed by atoms with van der Waals surface area (Å²) in [7, 11) is 0. The number of carbonyl (C=O) groups excluding carboxylic acids is 1. The van der Waals surface area contributed by atoms with Crippen molar-refractivity contribution in [1.29, 1.82) is 0 Å². The molecule has 0 saturated heterocycles. The molecule has 0 atom stereocenters. The minimum atomic E-state index is 0.130. The zero-order valence-electron chi connectivity index (χ0n) is 14.7.